The summed E-state index contributed by atoms with van der Waals surface area (Å²) in [6.45, 7) is 2.57. The standard InChI is InChI=1S/C30H29F4N5O3/c31-22-7-3-5-20(17-22)27(40)35-24-9-10-26(25(19-24)28(41)38-11-1-2-12-38)37-13-15-39(16-14-37)29(42)36-23-8-4-6-21(18-23)30(32,33)34/h3-10,17-19H,1-2,11-16H2,(H,35,40)(H,36,42). The molecule has 5 rings (SSSR count). The summed E-state index contributed by atoms with van der Waals surface area (Å²) in [6, 6.07) is 14.3. The first kappa shape index (κ1) is 28.9. The SMILES string of the molecule is O=C(Nc1ccc(N2CCN(C(=O)Nc3cccc(C(F)(F)F)c3)CC2)c(C(=O)N2CCCC2)c1)c1cccc(F)c1. The van der Waals surface area contributed by atoms with Crippen LogP contribution in [-0.2, 0) is 6.18 Å². The van der Waals surface area contributed by atoms with Gasteiger partial charge in [-0.1, -0.05) is 12.1 Å². The van der Waals surface area contributed by atoms with E-state index in [4.69, 9.17) is 0 Å². The summed E-state index contributed by atoms with van der Waals surface area (Å²) < 4.78 is 52.7. The average molecular weight is 584 g/mol. The zero-order chi connectivity index (χ0) is 29.9. The van der Waals surface area contributed by atoms with Crippen molar-refractivity contribution in [2.75, 3.05) is 54.8 Å². The number of rotatable bonds is 5. The van der Waals surface area contributed by atoms with E-state index in [0.29, 0.717) is 43.1 Å². The highest BCUT2D eigenvalue weighted by atomic mass is 19.4. The number of alkyl halides is 3. The van der Waals surface area contributed by atoms with Crippen molar-refractivity contribution >= 4 is 34.9 Å². The molecule has 0 atom stereocenters. The molecule has 0 aliphatic carbocycles. The Bertz CT molecular complexity index is 1480. The smallest absolute Gasteiger partial charge is 0.367 e. The molecule has 0 spiro atoms. The number of anilines is 3. The third kappa shape index (κ3) is 6.64. The number of nitrogens with one attached hydrogen (secondary N) is 2. The van der Waals surface area contributed by atoms with Crippen LogP contribution in [0.25, 0.3) is 0 Å². The molecule has 2 aliphatic rings. The molecule has 3 aromatic rings. The quantitative estimate of drug-likeness (QED) is 0.378. The van der Waals surface area contributed by atoms with Crippen LogP contribution in [0.2, 0.25) is 0 Å². The fourth-order valence-electron chi connectivity index (χ4n) is 5.11. The number of piperazine rings is 1. The highest BCUT2D eigenvalue weighted by Crippen LogP contribution is 2.31. The van der Waals surface area contributed by atoms with Gasteiger partial charge in [-0.15, -0.1) is 0 Å². The third-order valence-electron chi connectivity index (χ3n) is 7.31. The number of hydrogen-bond donors (Lipinski definition) is 2. The van der Waals surface area contributed by atoms with Crippen LogP contribution in [0.4, 0.5) is 39.4 Å². The Labute approximate surface area is 239 Å². The van der Waals surface area contributed by atoms with Crippen LogP contribution in [0.5, 0.6) is 0 Å². The molecule has 2 fully saturated rings. The zero-order valence-electron chi connectivity index (χ0n) is 22.6. The number of benzene rings is 3. The van der Waals surface area contributed by atoms with Crippen molar-refractivity contribution in [1.29, 1.82) is 0 Å². The van der Waals surface area contributed by atoms with Crippen LogP contribution in [0.1, 0.15) is 39.1 Å². The van der Waals surface area contributed by atoms with E-state index < -0.39 is 29.5 Å². The topological polar surface area (TPSA) is 85.0 Å². The van der Waals surface area contributed by atoms with E-state index in [1.807, 2.05) is 4.90 Å². The van der Waals surface area contributed by atoms with Gasteiger partial charge in [0, 0.05) is 61.9 Å². The molecular formula is C30H29F4N5O3. The van der Waals surface area contributed by atoms with E-state index in [-0.39, 0.29) is 30.2 Å². The maximum absolute atomic E-state index is 13.6. The van der Waals surface area contributed by atoms with Gasteiger partial charge in [-0.05, 0) is 67.4 Å². The van der Waals surface area contributed by atoms with Crippen LogP contribution in [0.3, 0.4) is 0 Å². The molecule has 2 N–H and O–H groups in total. The second-order valence-electron chi connectivity index (χ2n) is 10.2. The van der Waals surface area contributed by atoms with E-state index in [0.717, 1.165) is 31.0 Å². The van der Waals surface area contributed by atoms with E-state index >= 15 is 0 Å². The van der Waals surface area contributed by atoms with Crippen molar-refractivity contribution < 1.29 is 31.9 Å². The summed E-state index contributed by atoms with van der Waals surface area (Å²) >= 11 is 0. The monoisotopic (exact) mass is 583 g/mol. The lowest BCUT2D eigenvalue weighted by molar-refractivity contribution is -0.137. The number of likely N-dealkylation sites (tertiary alicyclic amines) is 1. The minimum atomic E-state index is -4.52. The first-order chi connectivity index (χ1) is 20.1. The lowest BCUT2D eigenvalue weighted by Crippen LogP contribution is -2.50. The van der Waals surface area contributed by atoms with Crippen molar-refractivity contribution in [1.82, 2.24) is 9.80 Å². The molecule has 220 valence electrons. The summed E-state index contributed by atoms with van der Waals surface area (Å²) in [5, 5.41) is 5.27. The largest absolute Gasteiger partial charge is 0.416 e. The molecule has 0 saturated carbocycles. The van der Waals surface area contributed by atoms with Crippen LogP contribution < -0.4 is 15.5 Å². The number of halogens is 4. The van der Waals surface area contributed by atoms with Gasteiger partial charge in [0.05, 0.1) is 11.1 Å². The Kier molecular flexibility index (Phi) is 8.32. The maximum atomic E-state index is 13.6. The minimum absolute atomic E-state index is 0.0478. The molecule has 8 nitrogen and oxygen atoms in total. The van der Waals surface area contributed by atoms with Crippen LogP contribution in [0, 0.1) is 5.82 Å². The summed E-state index contributed by atoms with van der Waals surface area (Å²) in [7, 11) is 0. The molecule has 2 saturated heterocycles. The second kappa shape index (κ2) is 12.1. The Morgan fingerprint density at radius 3 is 2.10 bits per heavy atom. The lowest BCUT2D eigenvalue weighted by atomic mass is 10.1. The molecule has 2 aliphatic heterocycles. The highest BCUT2D eigenvalue weighted by molar-refractivity contribution is 6.06. The summed E-state index contributed by atoms with van der Waals surface area (Å²) in [5.74, 6) is -1.22. The van der Waals surface area contributed by atoms with E-state index in [2.05, 4.69) is 10.6 Å². The van der Waals surface area contributed by atoms with Gasteiger partial charge >= 0.3 is 12.2 Å². The Morgan fingerprint density at radius 1 is 0.714 bits per heavy atom. The molecule has 0 bridgehead atoms. The second-order valence-corrected chi connectivity index (χ2v) is 10.2. The van der Waals surface area contributed by atoms with E-state index in [1.165, 1.54) is 35.2 Å². The van der Waals surface area contributed by atoms with Gasteiger partial charge in [0.25, 0.3) is 11.8 Å². The first-order valence-electron chi connectivity index (χ1n) is 13.6. The molecule has 42 heavy (non-hydrogen) atoms. The molecule has 0 aromatic heterocycles. The van der Waals surface area contributed by atoms with E-state index in [1.54, 1.807) is 23.1 Å². The van der Waals surface area contributed by atoms with Crippen molar-refractivity contribution in [2.45, 2.75) is 19.0 Å². The van der Waals surface area contributed by atoms with Crippen molar-refractivity contribution in [3.63, 3.8) is 0 Å². The number of amides is 4. The fourth-order valence-corrected chi connectivity index (χ4v) is 5.11. The predicted octanol–water partition coefficient (Wildman–Crippen LogP) is 5.69. The molecule has 2 heterocycles. The van der Waals surface area contributed by atoms with Gasteiger partial charge in [0.15, 0.2) is 0 Å². The fraction of sp³-hybridized carbons (Fsp3) is 0.300. The summed E-state index contributed by atoms with van der Waals surface area (Å²) in [6.07, 6.45) is -2.72. The van der Waals surface area contributed by atoms with Gasteiger partial charge in [0.1, 0.15) is 5.82 Å². The molecule has 0 radical (unpaired) electrons. The average Bonchev–Trinajstić information content (AvgIpc) is 3.52. The van der Waals surface area contributed by atoms with Crippen molar-refractivity contribution in [2.24, 2.45) is 0 Å². The van der Waals surface area contributed by atoms with Gasteiger partial charge in [0.2, 0.25) is 0 Å². The summed E-state index contributed by atoms with van der Waals surface area (Å²) in [5.41, 5.74) is 0.771. The molecule has 4 amide bonds. The van der Waals surface area contributed by atoms with Crippen LogP contribution in [0.15, 0.2) is 66.7 Å². The Balaban J connectivity index is 1.29. The molecule has 12 heteroatoms. The minimum Gasteiger partial charge on any atom is -0.367 e. The zero-order valence-corrected chi connectivity index (χ0v) is 22.6. The van der Waals surface area contributed by atoms with Crippen LogP contribution in [-0.4, -0.2) is 66.9 Å². The number of urea groups is 1. The number of carbonyl (C=O) groups excluding carboxylic acids is 3. The van der Waals surface area contributed by atoms with Gasteiger partial charge in [-0.3, -0.25) is 9.59 Å². The normalized spacial score (nSPS) is 15.5. The molecule has 0 unspecified atom stereocenters. The maximum Gasteiger partial charge on any atom is 0.416 e. The van der Waals surface area contributed by atoms with Crippen molar-refractivity contribution in [3.05, 3.63) is 89.2 Å². The summed E-state index contributed by atoms with van der Waals surface area (Å²) in [4.78, 5) is 44.3. The number of carbonyl (C=O) groups is 3. The lowest BCUT2D eigenvalue weighted by Gasteiger charge is -2.37. The molecular weight excluding hydrogens is 554 g/mol. The van der Waals surface area contributed by atoms with Gasteiger partial charge in [-0.2, -0.15) is 13.2 Å². The Morgan fingerprint density at radius 2 is 1.40 bits per heavy atom. The van der Waals surface area contributed by atoms with E-state index in [9.17, 15) is 31.9 Å². The van der Waals surface area contributed by atoms with Crippen molar-refractivity contribution in [3.8, 4) is 0 Å². The third-order valence-corrected chi connectivity index (χ3v) is 7.31. The predicted molar refractivity (Wildman–Crippen MR) is 150 cm³/mol. The van der Waals surface area contributed by atoms with Crippen LogP contribution >= 0.6 is 0 Å². The van der Waals surface area contributed by atoms with Gasteiger partial charge < -0.3 is 25.3 Å². The first-order valence-corrected chi connectivity index (χ1v) is 13.6. The van der Waals surface area contributed by atoms with Gasteiger partial charge in [-0.25, -0.2) is 9.18 Å². The number of hydrogen-bond acceptors (Lipinski definition) is 4. The molecule has 3 aromatic carbocycles. The Hall–Kier alpha value is -4.61. The highest BCUT2D eigenvalue weighted by Gasteiger charge is 2.31. The number of nitrogens with zero attached hydrogens (tertiary/aromatic N) is 3.